The Morgan fingerprint density at radius 3 is 1.95 bits per heavy atom. The summed E-state index contributed by atoms with van der Waals surface area (Å²) in [6, 6.07) is 1.06. The highest BCUT2D eigenvalue weighted by Gasteiger charge is 2.31. The van der Waals surface area contributed by atoms with Gasteiger partial charge in [0.1, 0.15) is 23.9 Å². The molecule has 206 valence electrons. The summed E-state index contributed by atoms with van der Waals surface area (Å²) in [5.41, 5.74) is 6.57. The van der Waals surface area contributed by atoms with Crippen molar-refractivity contribution in [1.82, 2.24) is 16.0 Å². The fourth-order valence-corrected chi connectivity index (χ4v) is 3.85. The summed E-state index contributed by atoms with van der Waals surface area (Å²) in [6.07, 6.45) is 1.45. The first kappa shape index (κ1) is 31.7. The van der Waals surface area contributed by atoms with Crippen LogP contribution >= 0.6 is 11.8 Å². The van der Waals surface area contributed by atoms with Crippen molar-refractivity contribution in [2.75, 3.05) is 12.0 Å². The van der Waals surface area contributed by atoms with Crippen molar-refractivity contribution in [2.45, 2.75) is 63.7 Å². The number of aromatic hydroxyl groups is 1. The number of nitrogens with two attached hydrogens (primary N) is 1. The normalized spacial score (nSPS) is 14.2. The summed E-state index contributed by atoms with van der Waals surface area (Å²) in [7, 11) is 0. The predicted molar refractivity (Wildman–Crippen MR) is 138 cm³/mol. The molecule has 12 nitrogen and oxygen atoms in total. The van der Waals surface area contributed by atoms with Gasteiger partial charge in [-0.15, -0.1) is 0 Å². The number of carbonyl (C=O) groups excluding carboxylic acids is 3. The third-order valence-electron chi connectivity index (χ3n) is 5.31. The Kier molecular flexibility index (Phi) is 13.5. The number of phenols is 1. The third-order valence-corrected chi connectivity index (χ3v) is 5.95. The van der Waals surface area contributed by atoms with Crippen molar-refractivity contribution in [3.8, 4) is 5.75 Å². The second-order valence-electron chi connectivity index (χ2n) is 9.01. The van der Waals surface area contributed by atoms with Crippen LogP contribution in [-0.2, 0) is 30.4 Å². The van der Waals surface area contributed by atoms with Crippen LogP contribution in [0.3, 0.4) is 0 Å². The monoisotopic (exact) mass is 540 g/mol. The minimum atomic E-state index is -1.52. The average molecular weight is 541 g/mol. The molecule has 0 fully saturated rings. The molecule has 0 heterocycles. The van der Waals surface area contributed by atoms with Crippen molar-refractivity contribution in [3.05, 3.63) is 29.8 Å². The number of rotatable bonds is 16. The van der Waals surface area contributed by atoms with Crippen molar-refractivity contribution in [3.63, 3.8) is 0 Å². The van der Waals surface area contributed by atoms with Crippen molar-refractivity contribution in [1.29, 1.82) is 0 Å². The van der Waals surface area contributed by atoms with Gasteiger partial charge in [-0.1, -0.05) is 26.0 Å². The molecule has 8 N–H and O–H groups in total. The second-order valence-corrected chi connectivity index (χ2v) is 9.99. The van der Waals surface area contributed by atoms with E-state index in [0.717, 1.165) is 0 Å². The Labute approximate surface area is 219 Å². The summed E-state index contributed by atoms with van der Waals surface area (Å²) >= 11 is 1.42. The number of aliphatic carboxylic acids is 2. The number of benzene rings is 1. The summed E-state index contributed by atoms with van der Waals surface area (Å²) < 4.78 is 0. The maximum atomic E-state index is 13.0. The third kappa shape index (κ3) is 12.0. The Bertz CT molecular complexity index is 941. The van der Waals surface area contributed by atoms with Gasteiger partial charge in [0.15, 0.2) is 0 Å². The van der Waals surface area contributed by atoms with Crippen LogP contribution in [0.4, 0.5) is 0 Å². The lowest BCUT2D eigenvalue weighted by atomic mass is 10.0. The van der Waals surface area contributed by atoms with Crippen LogP contribution in [0.15, 0.2) is 24.3 Å². The fraction of sp³-hybridized carbons (Fsp3) is 0.542. The van der Waals surface area contributed by atoms with Gasteiger partial charge < -0.3 is 37.0 Å². The van der Waals surface area contributed by atoms with Crippen LogP contribution in [-0.4, -0.2) is 81.2 Å². The van der Waals surface area contributed by atoms with Gasteiger partial charge in [-0.2, -0.15) is 11.8 Å². The van der Waals surface area contributed by atoms with E-state index in [4.69, 9.17) is 5.73 Å². The first-order valence-electron chi connectivity index (χ1n) is 11.7. The molecular formula is C24H36N4O8S. The van der Waals surface area contributed by atoms with E-state index in [1.54, 1.807) is 32.2 Å². The largest absolute Gasteiger partial charge is 0.508 e. The summed E-state index contributed by atoms with van der Waals surface area (Å²) in [6.45, 7) is 3.60. The van der Waals surface area contributed by atoms with E-state index in [1.165, 1.54) is 23.9 Å². The first-order chi connectivity index (χ1) is 17.3. The van der Waals surface area contributed by atoms with Gasteiger partial charge in [0.25, 0.3) is 0 Å². The molecule has 3 amide bonds. The van der Waals surface area contributed by atoms with E-state index in [0.29, 0.717) is 11.3 Å². The summed E-state index contributed by atoms with van der Waals surface area (Å²) in [5, 5.41) is 35.3. The molecule has 0 saturated carbocycles. The van der Waals surface area contributed by atoms with Gasteiger partial charge in [-0.3, -0.25) is 19.2 Å². The lowest BCUT2D eigenvalue weighted by Crippen LogP contribution is -2.57. The van der Waals surface area contributed by atoms with Crippen LogP contribution in [0.2, 0.25) is 0 Å². The van der Waals surface area contributed by atoms with Gasteiger partial charge >= 0.3 is 11.9 Å². The van der Waals surface area contributed by atoms with E-state index in [-0.39, 0.29) is 30.9 Å². The number of amides is 3. The number of hydrogen-bond acceptors (Lipinski definition) is 8. The SMILES string of the molecule is CSCCC(NC(=O)C(CC(C)C)NC(=O)C(CC(=O)O)NC(=O)C(N)Cc1ccc(O)cc1)C(=O)O. The molecule has 0 aromatic heterocycles. The molecule has 37 heavy (non-hydrogen) atoms. The minimum absolute atomic E-state index is 0.0406. The maximum absolute atomic E-state index is 13.0. The molecule has 0 aliphatic carbocycles. The van der Waals surface area contributed by atoms with Crippen molar-refractivity contribution in [2.24, 2.45) is 11.7 Å². The predicted octanol–water partition coefficient (Wildman–Crippen LogP) is 0.0749. The van der Waals surface area contributed by atoms with E-state index in [2.05, 4.69) is 16.0 Å². The zero-order chi connectivity index (χ0) is 28.1. The molecule has 0 saturated heterocycles. The van der Waals surface area contributed by atoms with Crippen LogP contribution in [0.5, 0.6) is 5.75 Å². The lowest BCUT2D eigenvalue weighted by molar-refractivity contribution is -0.143. The van der Waals surface area contributed by atoms with E-state index in [9.17, 15) is 39.3 Å². The molecular weight excluding hydrogens is 504 g/mol. The molecule has 0 aliphatic rings. The smallest absolute Gasteiger partial charge is 0.326 e. The van der Waals surface area contributed by atoms with Crippen molar-refractivity contribution >= 4 is 41.4 Å². The Morgan fingerprint density at radius 2 is 1.43 bits per heavy atom. The highest BCUT2D eigenvalue weighted by atomic mass is 32.2. The molecule has 0 radical (unpaired) electrons. The van der Waals surface area contributed by atoms with Gasteiger partial charge in [-0.05, 0) is 54.9 Å². The number of phenolic OH excluding ortho intramolecular Hbond substituents is 1. The van der Waals surface area contributed by atoms with Crippen molar-refractivity contribution < 1.29 is 39.3 Å². The Balaban J connectivity index is 2.96. The number of carbonyl (C=O) groups is 5. The molecule has 0 bridgehead atoms. The molecule has 0 spiro atoms. The Hall–Kier alpha value is -3.32. The molecule has 4 atom stereocenters. The fourth-order valence-electron chi connectivity index (χ4n) is 3.38. The van der Waals surface area contributed by atoms with Gasteiger partial charge in [0, 0.05) is 0 Å². The highest BCUT2D eigenvalue weighted by molar-refractivity contribution is 7.98. The molecule has 4 unspecified atom stereocenters. The minimum Gasteiger partial charge on any atom is -0.508 e. The molecule has 1 rings (SSSR count). The van der Waals surface area contributed by atoms with Gasteiger partial charge in [0.05, 0.1) is 12.5 Å². The number of thioether (sulfide) groups is 1. The van der Waals surface area contributed by atoms with Crippen LogP contribution in [0.1, 0.15) is 38.7 Å². The molecule has 1 aromatic rings. The van der Waals surface area contributed by atoms with Crippen LogP contribution < -0.4 is 21.7 Å². The van der Waals surface area contributed by atoms with Gasteiger partial charge in [-0.25, -0.2) is 4.79 Å². The quantitative estimate of drug-likeness (QED) is 0.150. The second kappa shape index (κ2) is 15.7. The lowest BCUT2D eigenvalue weighted by Gasteiger charge is -2.25. The average Bonchev–Trinajstić information content (AvgIpc) is 2.81. The highest BCUT2D eigenvalue weighted by Crippen LogP contribution is 2.12. The number of hydrogen-bond donors (Lipinski definition) is 7. The van der Waals surface area contributed by atoms with Gasteiger partial charge in [0.2, 0.25) is 17.7 Å². The van der Waals surface area contributed by atoms with Crippen LogP contribution in [0.25, 0.3) is 0 Å². The summed E-state index contributed by atoms with van der Waals surface area (Å²) in [4.78, 5) is 61.3. The topological polar surface area (TPSA) is 208 Å². The standard InChI is InChI=1S/C24H36N4O8S/c1-13(2)10-18(22(33)26-17(24(35)36)8-9-37-3)28-23(34)19(12-20(30)31)27-21(32)16(25)11-14-4-6-15(29)7-5-14/h4-7,13,16-19,29H,8-12,25H2,1-3H3,(H,26,33)(H,27,32)(H,28,34)(H,30,31)(H,35,36). The van der Waals surface area contributed by atoms with E-state index < -0.39 is 60.2 Å². The zero-order valence-corrected chi connectivity index (χ0v) is 21.9. The number of carboxylic acid groups (broad SMARTS) is 2. The zero-order valence-electron chi connectivity index (χ0n) is 21.1. The van der Waals surface area contributed by atoms with Crippen LogP contribution in [0, 0.1) is 5.92 Å². The molecule has 0 aliphatic heterocycles. The number of carboxylic acids is 2. The van der Waals surface area contributed by atoms with E-state index >= 15 is 0 Å². The Morgan fingerprint density at radius 1 is 0.892 bits per heavy atom. The maximum Gasteiger partial charge on any atom is 0.326 e. The first-order valence-corrected chi connectivity index (χ1v) is 13.1. The number of nitrogens with one attached hydrogen (secondary N) is 3. The molecule has 1 aromatic carbocycles. The molecule has 13 heteroatoms. The summed E-state index contributed by atoms with van der Waals surface area (Å²) in [5.74, 6) is -4.52. The van der Waals surface area contributed by atoms with E-state index in [1.807, 2.05) is 0 Å².